The summed E-state index contributed by atoms with van der Waals surface area (Å²) in [5, 5.41) is 5.90. The Morgan fingerprint density at radius 1 is 0.893 bits per heavy atom. The lowest BCUT2D eigenvalue weighted by molar-refractivity contribution is -0.146. The van der Waals surface area contributed by atoms with Gasteiger partial charge in [0.1, 0.15) is 17.5 Å². The number of ether oxygens (including phenoxy) is 3. The van der Waals surface area contributed by atoms with Gasteiger partial charge in [-0.1, -0.05) is 6.92 Å². The first-order valence-corrected chi connectivity index (χ1v) is 9.00. The van der Waals surface area contributed by atoms with E-state index in [1.54, 1.807) is 76.6 Å². The first kappa shape index (κ1) is 21.1. The molecule has 2 rings (SSSR count). The molecule has 2 aromatic carbocycles. The molecule has 0 aliphatic rings. The summed E-state index contributed by atoms with van der Waals surface area (Å²) in [6.07, 6.45) is 0. The van der Waals surface area contributed by atoms with Gasteiger partial charge < -0.3 is 24.8 Å². The maximum absolute atomic E-state index is 12.7. The molecule has 7 nitrogen and oxygen atoms in total. The third kappa shape index (κ3) is 5.64. The molecule has 2 atom stereocenters. The van der Waals surface area contributed by atoms with Crippen molar-refractivity contribution in [3.8, 4) is 11.5 Å². The molecule has 0 fully saturated rings. The molecule has 0 bridgehead atoms. The predicted octanol–water partition coefficient (Wildman–Crippen LogP) is 3.32. The molecule has 0 radical (unpaired) electrons. The smallest absolute Gasteiger partial charge is 0.329 e. The number of hydrogen-bond acceptors (Lipinski definition) is 6. The largest absolute Gasteiger partial charge is 0.497 e. The molecule has 0 saturated heterocycles. The third-order valence-corrected chi connectivity index (χ3v) is 4.22. The maximum Gasteiger partial charge on any atom is 0.329 e. The molecule has 2 unspecified atom stereocenters. The van der Waals surface area contributed by atoms with Crippen LogP contribution in [0.2, 0.25) is 0 Å². The zero-order chi connectivity index (χ0) is 20.5. The number of hydrogen-bond donors (Lipinski definition) is 2. The summed E-state index contributed by atoms with van der Waals surface area (Å²) in [4.78, 5) is 25.1. The summed E-state index contributed by atoms with van der Waals surface area (Å²) >= 11 is 0. The number of methoxy groups -OCH3 is 2. The van der Waals surface area contributed by atoms with E-state index < -0.39 is 17.9 Å². The minimum atomic E-state index is -0.841. The minimum absolute atomic E-state index is 0.229. The molecule has 2 aromatic rings. The Balaban J connectivity index is 2.13. The number of esters is 1. The average Bonchev–Trinajstić information content (AvgIpc) is 2.72. The number of carbonyl (C=O) groups is 2. The molecule has 0 heterocycles. The lowest BCUT2D eigenvalue weighted by Gasteiger charge is -2.24. The van der Waals surface area contributed by atoms with Crippen LogP contribution in [0.5, 0.6) is 11.5 Å². The van der Waals surface area contributed by atoms with E-state index in [-0.39, 0.29) is 12.5 Å². The van der Waals surface area contributed by atoms with Crippen LogP contribution in [-0.4, -0.2) is 38.7 Å². The number of benzene rings is 2. The summed E-state index contributed by atoms with van der Waals surface area (Å²) in [6.45, 7) is 3.63. The molecule has 0 aromatic heterocycles. The molecule has 0 aliphatic carbocycles. The van der Waals surface area contributed by atoms with Crippen molar-refractivity contribution in [3.63, 3.8) is 0 Å². The second kappa shape index (κ2) is 10.2. The Bertz CT molecular complexity index is 774. The monoisotopic (exact) mass is 386 g/mol. The SMILES string of the molecule is CCOC(=O)C(Nc1ccc(OC)cc1)C(C)C(=O)Nc1ccc(OC)cc1. The summed E-state index contributed by atoms with van der Waals surface area (Å²) in [6, 6.07) is 13.2. The maximum atomic E-state index is 12.7. The predicted molar refractivity (Wildman–Crippen MR) is 108 cm³/mol. The fraction of sp³-hybridized carbons (Fsp3) is 0.333. The number of rotatable bonds is 9. The first-order chi connectivity index (χ1) is 13.5. The van der Waals surface area contributed by atoms with Crippen molar-refractivity contribution in [1.29, 1.82) is 0 Å². The molecule has 150 valence electrons. The highest BCUT2D eigenvalue weighted by Gasteiger charge is 2.31. The van der Waals surface area contributed by atoms with E-state index >= 15 is 0 Å². The van der Waals surface area contributed by atoms with Gasteiger partial charge in [0.2, 0.25) is 5.91 Å². The highest BCUT2D eigenvalue weighted by molar-refractivity contribution is 5.97. The lowest BCUT2D eigenvalue weighted by atomic mass is 10.00. The van der Waals surface area contributed by atoms with Crippen molar-refractivity contribution in [2.45, 2.75) is 19.9 Å². The molecule has 0 aliphatic heterocycles. The van der Waals surface area contributed by atoms with Gasteiger partial charge in [-0.25, -0.2) is 4.79 Å². The van der Waals surface area contributed by atoms with Gasteiger partial charge in [0.15, 0.2) is 0 Å². The Morgan fingerprint density at radius 3 is 1.86 bits per heavy atom. The van der Waals surface area contributed by atoms with Crippen molar-refractivity contribution in [2.24, 2.45) is 5.92 Å². The van der Waals surface area contributed by atoms with Gasteiger partial charge in [-0.05, 0) is 55.5 Å². The van der Waals surface area contributed by atoms with Crippen LogP contribution in [-0.2, 0) is 14.3 Å². The van der Waals surface area contributed by atoms with E-state index in [1.165, 1.54) is 0 Å². The van der Waals surface area contributed by atoms with Crippen molar-refractivity contribution in [1.82, 2.24) is 0 Å². The van der Waals surface area contributed by atoms with Gasteiger partial charge >= 0.3 is 5.97 Å². The third-order valence-electron chi connectivity index (χ3n) is 4.22. The van der Waals surface area contributed by atoms with Gasteiger partial charge in [0.05, 0.1) is 26.7 Å². The zero-order valence-corrected chi connectivity index (χ0v) is 16.5. The minimum Gasteiger partial charge on any atom is -0.497 e. The fourth-order valence-corrected chi connectivity index (χ4v) is 2.57. The average molecular weight is 386 g/mol. The van der Waals surface area contributed by atoms with Gasteiger partial charge in [-0.2, -0.15) is 0 Å². The van der Waals surface area contributed by atoms with E-state index in [9.17, 15) is 9.59 Å². The number of nitrogens with one attached hydrogen (secondary N) is 2. The topological polar surface area (TPSA) is 85.9 Å². The normalized spacial score (nSPS) is 12.4. The van der Waals surface area contributed by atoms with Crippen molar-refractivity contribution >= 4 is 23.3 Å². The van der Waals surface area contributed by atoms with E-state index in [0.717, 1.165) is 0 Å². The van der Waals surface area contributed by atoms with Gasteiger partial charge in [-0.3, -0.25) is 4.79 Å². The number of anilines is 2. The fourth-order valence-electron chi connectivity index (χ4n) is 2.57. The van der Waals surface area contributed by atoms with Gasteiger partial charge in [0, 0.05) is 11.4 Å². The van der Waals surface area contributed by atoms with Crippen LogP contribution in [0.15, 0.2) is 48.5 Å². The Morgan fingerprint density at radius 2 is 1.39 bits per heavy atom. The molecule has 28 heavy (non-hydrogen) atoms. The van der Waals surface area contributed by atoms with Crippen LogP contribution in [0.4, 0.5) is 11.4 Å². The first-order valence-electron chi connectivity index (χ1n) is 9.00. The second-order valence-electron chi connectivity index (χ2n) is 6.11. The number of carbonyl (C=O) groups excluding carboxylic acids is 2. The van der Waals surface area contributed by atoms with Crippen LogP contribution >= 0.6 is 0 Å². The van der Waals surface area contributed by atoms with Gasteiger partial charge in [0.25, 0.3) is 0 Å². The number of amides is 1. The second-order valence-corrected chi connectivity index (χ2v) is 6.11. The Kier molecular flexibility index (Phi) is 7.68. The van der Waals surface area contributed by atoms with Crippen molar-refractivity contribution in [3.05, 3.63) is 48.5 Å². The standard InChI is InChI=1S/C21H26N2O5/c1-5-28-21(25)19(22-15-6-10-17(26-3)11-7-15)14(2)20(24)23-16-8-12-18(27-4)13-9-16/h6-14,19,22H,5H2,1-4H3,(H,23,24). The van der Waals surface area contributed by atoms with Gasteiger partial charge in [-0.15, -0.1) is 0 Å². The van der Waals surface area contributed by atoms with Crippen molar-refractivity contribution in [2.75, 3.05) is 31.5 Å². The summed E-state index contributed by atoms with van der Waals surface area (Å²) < 4.78 is 15.4. The zero-order valence-electron chi connectivity index (χ0n) is 16.5. The molecule has 7 heteroatoms. The Hall–Kier alpha value is -3.22. The quantitative estimate of drug-likeness (QED) is 0.643. The van der Waals surface area contributed by atoms with Crippen LogP contribution in [0, 0.1) is 5.92 Å². The van der Waals surface area contributed by atoms with E-state index in [2.05, 4.69) is 10.6 Å². The highest BCUT2D eigenvalue weighted by atomic mass is 16.5. The van der Waals surface area contributed by atoms with Crippen LogP contribution in [0.3, 0.4) is 0 Å². The van der Waals surface area contributed by atoms with E-state index in [0.29, 0.717) is 22.9 Å². The molecule has 0 saturated carbocycles. The molecule has 2 N–H and O–H groups in total. The van der Waals surface area contributed by atoms with Crippen LogP contribution in [0.25, 0.3) is 0 Å². The Labute approximate surface area is 165 Å². The molecule has 1 amide bonds. The molecular formula is C21H26N2O5. The van der Waals surface area contributed by atoms with Crippen LogP contribution in [0.1, 0.15) is 13.8 Å². The van der Waals surface area contributed by atoms with E-state index in [4.69, 9.17) is 14.2 Å². The van der Waals surface area contributed by atoms with Crippen LogP contribution < -0.4 is 20.1 Å². The highest BCUT2D eigenvalue weighted by Crippen LogP contribution is 2.20. The molecular weight excluding hydrogens is 360 g/mol. The van der Waals surface area contributed by atoms with Crippen molar-refractivity contribution < 1.29 is 23.8 Å². The van der Waals surface area contributed by atoms with E-state index in [1.807, 2.05) is 0 Å². The summed E-state index contributed by atoms with van der Waals surface area (Å²) in [7, 11) is 3.15. The lowest BCUT2D eigenvalue weighted by Crippen LogP contribution is -2.42. The summed E-state index contributed by atoms with van der Waals surface area (Å²) in [5.41, 5.74) is 1.30. The molecule has 0 spiro atoms. The summed E-state index contributed by atoms with van der Waals surface area (Å²) in [5.74, 6) is -0.0802.